The minimum Gasteiger partial charge on any atom is -0.411 e. The summed E-state index contributed by atoms with van der Waals surface area (Å²) in [6.45, 7) is 29.5. The van der Waals surface area contributed by atoms with Crippen molar-refractivity contribution in [3.05, 3.63) is 0 Å². The molecule has 0 aromatic heterocycles. The highest BCUT2D eigenvalue weighted by atomic mass is 28.4. The predicted octanol–water partition coefficient (Wildman–Crippen LogP) is 9.87. The standard InChI is InChI=1S/C38H68O3Si/c1-13-42(14-2,15-3)41-32-30-29(24(4)22-26(40-30)31(39)33(6,7)8)35(11)20-21-38-23-37(38)19-18-25(5)34(9,10)27(37)16-17-28(38)36(32,35)12/h24-32,39H,13-23H2,1-12H3/t24?,25-,26?,27-,28-,29?,30?,31-,32-,35+,36+,37?,38-/m0/s1. The number of fused-ring (bicyclic) bond motifs is 4. The molecule has 4 heteroatoms. The van der Waals surface area contributed by atoms with Crippen molar-refractivity contribution >= 4 is 8.32 Å². The third-order valence-corrected chi connectivity index (χ3v) is 21.5. The van der Waals surface area contributed by atoms with Crippen LogP contribution in [0, 0.1) is 62.1 Å². The molecule has 0 radical (unpaired) electrons. The smallest absolute Gasteiger partial charge is 0.192 e. The van der Waals surface area contributed by atoms with Gasteiger partial charge in [0.2, 0.25) is 0 Å². The van der Waals surface area contributed by atoms with Crippen LogP contribution >= 0.6 is 0 Å². The van der Waals surface area contributed by atoms with Gasteiger partial charge in [-0.15, -0.1) is 0 Å². The molecule has 2 spiro atoms. The summed E-state index contributed by atoms with van der Waals surface area (Å²) >= 11 is 0. The molecule has 0 aromatic rings. The third-order valence-electron chi connectivity index (χ3n) is 16.9. The molecule has 3 nitrogen and oxygen atoms in total. The maximum Gasteiger partial charge on any atom is 0.192 e. The molecular formula is C38H68O3Si. The Labute approximate surface area is 261 Å². The van der Waals surface area contributed by atoms with Gasteiger partial charge in [-0.3, -0.25) is 0 Å². The van der Waals surface area contributed by atoms with Crippen LogP contribution in [0.3, 0.4) is 0 Å². The Bertz CT molecular complexity index is 1040. The summed E-state index contributed by atoms with van der Waals surface area (Å²) in [5.74, 6) is 3.51. The predicted molar refractivity (Wildman–Crippen MR) is 177 cm³/mol. The summed E-state index contributed by atoms with van der Waals surface area (Å²) in [6.07, 6.45) is 10.6. The highest BCUT2D eigenvalue weighted by molar-refractivity contribution is 6.73. The minimum atomic E-state index is -1.90. The van der Waals surface area contributed by atoms with E-state index in [0.29, 0.717) is 28.1 Å². The van der Waals surface area contributed by atoms with E-state index in [1.807, 2.05) is 0 Å². The van der Waals surface area contributed by atoms with Gasteiger partial charge in [0.25, 0.3) is 0 Å². The Morgan fingerprint density at radius 3 is 2.07 bits per heavy atom. The number of rotatable bonds is 6. The van der Waals surface area contributed by atoms with E-state index in [9.17, 15) is 5.11 Å². The maximum absolute atomic E-state index is 11.6. The highest BCUT2D eigenvalue weighted by Gasteiger charge is 2.84. The molecule has 5 aliphatic carbocycles. The van der Waals surface area contributed by atoms with Crippen LogP contribution in [0.5, 0.6) is 0 Å². The first kappa shape index (κ1) is 32.1. The molecule has 5 unspecified atom stereocenters. The molecule has 1 heterocycles. The number of ether oxygens (including phenoxy) is 1. The van der Waals surface area contributed by atoms with Crippen LogP contribution in [0.2, 0.25) is 18.1 Å². The highest BCUT2D eigenvalue weighted by Crippen LogP contribution is 2.89. The molecule has 42 heavy (non-hydrogen) atoms. The largest absolute Gasteiger partial charge is 0.411 e. The first-order valence-electron chi connectivity index (χ1n) is 18.5. The third kappa shape index (κ3) is 3.85. The molecule has 0 bridgehead atoms. The monoisotopic (exact) mass is 600 g/mol. The van der Waals surface area contributed by atoms with Gasteiger partial charge in [0.15, 0.2) is 8.32 Å². The second kappa shape index (κ2) is 9.80. The van der Waals surface area contributed by atoms with Gasteiger partial charge < -0.3 is 14.3 Å². The van der Waals surface area contributed by atoms with Crippen LogP contribution in [0.15, 0.2) is 0 Å². The van der Waals surface area contributed by atoms with Crippen molar-refractivity contribution < 1.29 is 14.3 Å². The first-order chi connectivity index (χ1) is 19.4. The van der Waals surface area contributed by atoms with Gasteiger partial charge in [0, 0.05) is 5.41 Å². The van der Waals surface area contributed by atoms with Crippen molar-refractivity contribution in [3.8, 4) is 0 Å². The van der Waals surface area contributed by atoms with Gasteiger partial charge in [0.1, 0.15) is 0 Å². The fraction of sp³-hybridized carbons (Fsp3) is 1.00. The molecular weight excluding hydrogens is 533 g/mol. The van der Waals surface area contributed by atoms with E-state index in [0.717, 1.165) is 24.2 Å². The molecule has 0 amide bonds. The number of aliphatic hydroxyl groups is 1. The fourth-order valence-corrected chi connectivity index (χ4v) is 16.6. The van der Waals surface area contributed by atoms with Gasteiger partial charge in [-0.05, 0) is 126 Å². The Kier molecular flexibility index (Phi) is 7.48. The average molecular weight is 601 g/mol. The Hall–Kier alpha value is 0.0969. The SMILES string of the molecule is CC[Si](CC)(CC)O[C@H]1C2OC([C@H](O)C(C)(C)C)CC(C)C2[C@@]2(C)CC[C@@]34CC35CC[C@H](C)C(C)(C)[C@@H]5CC[C@H]4[C@]12C. The minimum absolute atomic E-state index is 0.0988. The lowest BCUT2D eigenvalue weighted by atomic mass is 9.41. The maximum atomic E-state index is 11.6. The van der Waals surface area contributed by atoms with Gasteiger partial charge in [-0.1, -0.05) is 83.1 Å². The number of aliphatic hydroxyl groups excluding tert-OH is 1. The summed E-state index contributed by atoms with van der Waals surface area (Å²) in [4.78, 5) is 0. The van der Waals surface area contributed by atoms with Crippen molar-refractivity contribution in [1.29, 1.82) is 0 Å². The molecule has 1 N–H and O–H groups in total. The molecule has 242 valence electrons. The first-order valence-corrected chi connectivity index (χ1v) is 21.0. The van der Waals surface area contributed by atoms with Crippen molar-refractivity contribution in [1.82, 2.24) is 0 Å². The summed E-state index contributed by atoms with van der Waals surface area (Å²) in [5, 5.41) is 11.6. The normalized spacial score (nSPS) is 51.9. The summed E-state index contributed by atoms with van der Waals surface area (Å²) in [6, 6.07) is 3.58. The molecule has 6 aliphatic rings. The molecule has 13 atom stereocenters. The van der Waals surface area contributed by atoms with Crippen LogP contribution in [-0.4, -0.2) is 37.8 Å². The van der Waals surface area contributed by atoms with Gasteiger partial charge in [-0.2, -0.15) is 0 Å². The summed E-state index contributed by atoms with van der Waals surface area (Å²) in [5.41, 5.74) is 1.69. The van der Waals surface area contributed by atoms with Crippen LogP contribution < -0.4 is 0 Å². The second-order valence-electron chi connectivity index (χ2n) is 19.1. The summed E-state index contributed by atoms with van der Waals surface area (Å²) < 4.78 is 15.2. The van der Waals surface area contributed by atoms with E-state index in [4.69, 9.17) is 9.16 Å². The molecule has 1 aliphatic heterocycles. The zero-order valence-electron chi connectivity index (χ0n) is 29.7. The van der Waals surface area contributed by atoms with Crippen LogP contribution in [0.25, 0.3) is 0 Å². The van der Waals surface area contributed by atoms with Crippen LogP contribution in [0.4, 0.5) is 0 Å². The Morgan fingerprint density at radius 2 is 1.48 bits per heavy atom. The van der Waals surface area contributed by atoms with Crippen molar-refractivity contribution in [2.75, 3.05) is 0 Å². The fourth-order valence-electron chi connectivity index (χ4n) is 13.7. The van der Waals surface area contributed by atoms with Crippen molar-refractivity contribution in [2.45, 2.75) is 177 Å². The Morgan fingerprint density at radius 1 is 0.881 bits per heavy atom. The van der Waals surface area contributed by atoms with Gasteiger partial charge in [0.05, 0.1) is 24.4 Å². The zero-order valence-corrected chi connectivity index (χ0v) is 30.7. The zero-order chi connectivity index (χ0) is 30.9. The lowest BCUT2D eigenvalue weighted by Gasteiger charge is -2.64. The molecule has 5 saturated carbocycles. The average Bonchev–Trinajstić information content (AvgIpc) is 3.56. The van der Waals surface area contributed by atoms with E-state index in [1.54, 1.807) is 0 Å². The topological polar surface area (TPSA) is 38.7 Å². The second-order valence-corrected chi connectivity index (χ2v) is 23.8. The lowest BCUT2D eigenvalue weighted by molar-refractivity contribution is -0.186. The van der Waals surface area contributed by atoms with E-state index in [2.05, 4.69) is 83.1 Å². The van der Waals surface area contributed by atoms with Gasteiger partial charge in [-0.25, -0.2) is 0 Å². The lowest BCUT2D eigenvalue weighted by Crippen LogP contribution is -2.60. The van der Waals surface area contributed by atoms with E-state index >= 15 is 0 Å². The molecule has 6 fully saturated rings. The quantitative estimate of drug-likeness (QED) is 0.308. The van der Waals surface area contributed by atoms with Crippen molar-refractivity contribution in [3.63, 3.8) is 0 Å². The number of hydrogen-bond donors (Lipinski definition) is 1. The Balaban J connectivity index is 1.45. The van der Waals surface area contributed by atoms with Crippen LogP contribution in [-0.2, 0) is 9.16 Å². The van der Waals surface area contributed by atoms with Gasteiger partial charge >= 0.3 is 0 Å². The summed E-state index contributed by atoms with van der Waals surface area (Å²) in [7, 11) is -1.90. The molecule has 1 saturated heterocycles. The van der Waals surface area contributed by atoms with E-state index in [1.165, 1.54) is 63.1 Å². The van der Waals surface area contributed by atoms with E-state index in [-0.39, 0.29) is 34.6 Å². The van der Waals surface area contributed by atoms with E-state index < -0.39 is 14.4 Å². The molecule has 6 rings (SSSR count). The van der Waals surface area contributed by atoms with Crippen molar-refractivity contribution in [2.24, 2.45) is 62.1 Å². The molecule has 0 aromatic carbocycles. The number of hydrogen-bond acceptors (Lipinski definition) is 3. The van der Waals surface area contributed by atoms with Crippen LogP contribution in [0.1, 0.15) is 134 Å².